The molecule has 19 heavy (non-hydrogen) atoms. The van der Waals surface area contributed by atoms with Crippen molar-refractivity contribution in [1.29, 1.82) is 0 Å². The zero-order valence-corrected chi connectivity index (χ0v) is 10.3. The average molecular weight is 258 g/mol. The van der Waals surface area contributed by atoms with Gasteiger partial charge in [0, 0.05) is 18.5 Å². The number of hydrogen-bond donors (Lipinski definition) is 2. The fraction of sp³-hybridized carbons (Fsp3) is 0.286. The second kappa shape index (κ2) is 4.51. The summed E-state index contributed by atoms with van der Waals surface area (Å²) in [5.41, 5.74) is 0.0130. The van der Waals surface area contributed by atoms with Gasteiger partial charge in [-0.05, 0) is 23.9 Å². The predicted molar refractivity (Wildman–Crippen MR) is 71.1 cm³/mol. The first-order valence-corrected chi connectivity index (χ1v) is 6.24. The van der Waals surface area contributed by atoms with Crippen LogP contribution in [0, 0.1) is 0 Å². The molecule has 0 radical (unpaired) electrons. The average Bonchev–Trinajstić information content (AvgIpc) is 2.84. The standard InChI is InChI=1S/C14H14N2O3/c17-10-5-6-16(8-10)14(19)12-7-9-3-1-2-4-11(9)13(18)15-12/h1-4,7,10,17H,5-6,8H2,(H,15,18)/t10-/m0/s1. The molecule has 1 fully saturated rings. The van der Waals surface area contributed by atoms with Gasteiger partial charge in [0.1, 0.15) is 5.69 Å². The highest BCUT2D eigenvalue weighted by molar-refractivity contribution is 5.96. The normalized spacial score (nSPS) is 19.0. The van der Waals surface area contributed by atoms with E-state index in [1.54, 1.807) is 29.2 Å². The zero-order chi connectivity index (χ0) is 13.4. The SMILES string of the molecule is O=C(c1cc2ccccc2c(=O)[nH]1)N1CC[C@H](O)C1. The van der Waals surface area contributed by atoms with Crippen LogP contribution >= 0.6 is 0 Å². The Morgan fingerprint density at radius 3 is 2.89 bits per heavy atom. The highest BCUT2D eigenvalue weighted by atomic mass is 16.3. The Bertz CT molecular complexity index is 692. The molecule has 0 saturated carbocycles. The van der Waals surface area contributed by atoms with Gasteiger partial charge in [-0.15, -0.1) is 0 Å². The van der Waals surface area contributed by atoms with Crippen molar-refractivity contribution in [3.05, 3.63) is 46.4 Å². The molecule has 5 heteroatoms. The number of rotatable bonds is 1. The van der Waals surface area contributed by atoms with E-state index in [4.69, 9.17) is 0 Å². The van der Waals surface area contributed by atoms with E-state index < -0.39 is 6.10 Å². The van der Waals surface area contributed by atoms with Crippen LogP contribution in [0.5, 0.6) is 0 Å². The molecule has 1 aromatic heterocycles. The van der Waals surface area contributed by atoms with Crippen LogP contribution in [0.1, 0.15) is 16.9 Å². The molecule has 2 N–H and O–H groups in total. The lowest BCUT2D eigenvalue weighted by atomic mass is 10.1. The number of nitrogens with one attached hydrogen (secondary N) is 1. The van der Waals surface area contributed by atoms with Gasteiger partial charge < -0.3 is 15.0 Å². The maximum absolute atomic E-state index is 12.2. The molecule has 2 heterocycles. The van der Waals surface area contributed by atoms with Crippen LogP contribution in [0.2, 0.25) is 0 Å². The maximum Gasteiger partial charge on any atom is 0.270 e. The number of likely N-dealkylation sites (tertiary alicyclic amines) is 1. The lowest BCUT2D eigenvalue weighted by molar-refractivity contribution is 0.0759. The monoisotopic (exact) mass is 258 g/mol. The second-order valence-corrected chi connectivity index (χ2v) is 4.79. The third kappa shape index (κ3) is 2.13. The predicted octanol–water partition coefficient (Wildman–Crippen LogP) is 0.735. The van der Waals surface area contributed by atoms with Crippen LogP contribution in [0.4, 0.5) is 0 Å². The molecule has 98 valence electrons. The lowest BCUT2D eigenvalue weighted by Gasteiger charge is -2.15. The molecular formula is C14H14N2O3. The number of carbonyl (C=O) groups excluding carboxylic acids is 1. The minimum Gasteiger partial charge on any atom is -0.391 e. The summed E-state index contributed by atoms with van der Waals surface area (Å²) in [5, 5.41) is 10.8. The van der Waals surface area contributed by atoms with Gasteiger partial charge >= 0.3 is 0 Å². The van der Waals surface area contributed by atoms with E-state index in [1.165, 1.54) is 0 Å². The Balaban J connectivity index is 2.01. The molecule has 1 saturated heterocycles. The number of aromatic amines is 1. The van der Waals surface area contributed by atoms with Gasteiger partial charge in [-0.1, -0.05) is 18.2 Å². The number of aliphatic hydroxyl groups is 1. The van der Waals surface area contributed by atoms with Gasteiger partial charge in [0.05, 0.1) is 6.10 Å². The van der Waals surface area contributed by atoms with Crippen molar-refractivity contribution in [1.82, 2.24) is 9.88 Å². The number of carbonyl (C=O) groups is 1. The van der Waals surface area contributed by atoms with Crippen molar-refractivity contribution in [3.8, 4) is 0 Å². The molecule has 2 aromatic rings. The molecule has 0 spiro atoms. The van der Waals surface area contributed by atoms with E-state index in [0.717, 1.165) is 5.39 Å². The summed E-state index contributed by atoms with van der Waals surface area (Å²) < 4.78 is 0. The minimum atomic E-state index is -0.462. The summed E-state index contributed by atoms with van der Waals surface area (Å²) in [6.45, 7) is 0.850. The topological polar surface area (TPSA) is 73.4 Å². The summed E-state index contributed by atoms with van der Waals surface area (Å²) in [6.07, 6.45) is 0.125. The molecule has 1 amide bonds. The number of pyridine rings is 1. The van der Waals surface area contributed by atoms with Gasteiger partial charge in [-0.25, -0.2) is 0 Å². The van der Waals surface area contributed by atoms with Crippen molar-refractivity contribution in [2.24, 2.45) is 0 Å². The van der Waals surface area contributed by atoms with Gasteiger partial charge in [0.25, 0.3) is 11.5 Å². The van der Waals surface area contributed by atoms with Crippen molar-refractivity contribution in [3.63, 3.8) is 0 Å². The van der Waals surface area contributed by atoms with Crippen molar-refractivity contribution in [2.45, 2.75) is 12.5 Å². The van der Waals surface area contributed by atoms with E-state index in [1.807, 2.05) is 6.07 Å². The number of aliphatic hydroxyl groups excluding tert-OH is 1. The van der Waals surface area contributed by atoms with Crippen molar-refractivity contribution < 1.29 is 9.90 Å². The third-order valence-corrected chi connectivity index (χ3v) is 3.43. The summed E-state index contributed by atoms with van der Waals surface area (Å²) in [4.78, 5) is 28.3. The Morgan fingerprint density at radius 1 is 1.37 bits per heavy atom. The molecule has 0 bridgehead atoms. The molecule has 5 nitrogen and oxygen atoms in total. The van der Waals surface area contributed by atoms with E-state index in [9.17, 15) is 14.7 Å². The third-order valence-electron chi connectivity index (χ3n) is 3.43. The van der Waals surface area contributed by atoms with Crippen LogP contribution in [0.15, 0.2) is 35.1 Å². The highest BCUT2D eigenvalue weighted by Gasteiger charge is 2.26. The van der Waals surface area contributed by atoms with Crippen LogP contribution in [-0.2, 0) is 0 Å². The molecular weight excluding hydrogens is 244 g/mol. The zero-order valence-electron chi connectivity index (χ0n) is 10.3. The smallest absolute Gasteiger partial charge is 0.270 e. The second-order valence-electron chi connectivity index (χ2n) is 4.79. The van der Waals surface area contributed by atoms with E-state index in [2.05, 4.69) is 4.98 Å². The largest absolute Gasteiger partial charge is 0.391 e. The highest BCUT2D eigenvalue weighted by Crippen LogP contribution is 2.15. The van der Waals surface area contributed by atoms with Gasteiger partial charge in [-0.2, -0.15) is 0 Å². The minimum absolute atomic E-state index is 0.237. The van der Waals surface area contributed by atoms with E-state index >= 15 is 0 Å². The van der Waals surface area contributed by atoms with Crippen LogP contribution in [0.3, 0.4) is 0 Å². The van der Waals surface area contributed by atoms with Crippen LogP contribution in [-0.4, -0.2) is 40.1 Å². The summed E-state index contributed by atoms with van der Waals surface area (Å²) in [6, 6.07) is 8.83. The van der Waals surface area contributed by atoms with E-state index in [0.29, 0.717) is 24.9 Å². The Labute approximate surface area is 109 Å². The molecule has 1 aromatic carbocycles. The quantitative estimate of drug-likeness (QED) is 0.792. The van der Waals surface area contributed by atoms with Gasteiger partial charge in [0.2, 0.25) is 0 Å². The van der Waals surface area contributed by atoms with Crippen molar-refractivity contribution in [2.75, 3.05) is 13.1 Å². The number of hydrogen-bond acceptors (Lipinski definition) is 3. The molecule has 0 aliphatic carbocycles. The van der Waals surface area contributed by atoms with Gasteiger partial charge in [0.15, 0.2) is 0 Å². The van der Waals surface area contributed by atoms with Crippen molar-refractivity contribution >= 4 is 16.7 Å². The Kier molecular flexibility index (Phi) is 2.83. The van der Waals surface area contributed by atoms with Gasteiger partial charge in [-0.3, -0.25) is 9.59 Å². The first-order chi connectivity index (χ1) is 9.15. The number of nitrogens with zero attached hydrogens (tertiary/aromatic N) is 1. The number of amides is 1. The fourth-order valence-electron chi connectivity index (χ4n) is 2.42. The number of H-pyrrole nitrogens is 1. The number of aromatic nitrogens is 1. The van der Waals surface area contributed by atoms with Crippen LogP contribution in [0.25, 0.3) is 10.8 Å². The maximum atomic E-state index is 12.2. The number of benzene rings is 1. The Morgan fingerprint density at radius 2 is 2.16 bits per heavy atom. The first-order valence-electron chi connectivity index (χ1n) is 6.24. The first kappa shape index (κ1) is 11.9. The number of fused-ring (bicyclic) bond motifs is 1. The Hall–Kier alpha value is -2.14. The molecule has 1 atom stereocenters. The van der Waals surface area contributed by atoms with Crippen LogP contribution < -0.4 is 5.56 Å². The van der Waals surface area contributed by atoms with E-state index in [-0.39, 0.29) is 17.2 Å². The lowest BCUT2D eigenvalue weighted by Crippen LogP contribution is -2.31. The fourth-order valence-corrected chi connectivity index (χ4v) is 2.42. The molecule has 1 aliphatic heterocycles. The number of β-amino-alcohol motifs (C(OH)–C–C–N with tert-alkyl or cyclic N) is 1. The molecule has 1 aliphatic rings. The molecule has 0 unspecified atom stereocenters. The summed E-state index contributed by atoms with van der Waals surface area (Å²) in [7, 11) is 0. The summed E-state index contributed by atoms with van der Waals surface area (Å²) in [5.74, 6) is -0.237. The summed E-state index contributed by atoms with van der Waals surface area (Å²) >= 11 is 0. The molecule has 3 rings (SSSR count).